The van der Waals surface area contributed by atoms with Crippen LogP contribution in [0.5, 0.6) is 0 Å². The Balaban J connectivity index is 3.23. The van der Waals surface area contributed by atoms with Crippen molar-refractivity contribution in [2.75, 3.05) is 18.5 Å². The Labute approximate surface area is 151 Å². The quantitative estimate of drug-likeness (QED) is 0.327. The van der Waals surface area contributed by atoms with Crippen molar-refractivity contribution in [2.45, 2.75) is 13.8 Å². The molecule has 7 nitrogen and oxygen atoms in total. The fourth-order valence-electron chi connectivity index (χ4n) is 1.91. The average molecular weight is 361 g/mol. The molecule has 8 heteroatoms. The van der Waals surface area contributed by atoms with Crippen molar-refractivity contribution in [3.8, 4) is 6.07 Å². The van der Waals surface area contributed by atoms with Crippen LogP contribution in [0.4, 0.5) is 5.69 Å². The summed E-state index contributed by atoms with van der Waals surface area (Å²) in [5.74, 6) is -2.96. The van der Waals surface area contributed by atoms with Gasteiger partial charge < -0.3 is 20.5 Å². The number of nitriles is 1. The van der Waals surface area contributed by atoms with Gasteiger partial charge in [-0.1, -0.05) is 30.4 Å². The van der Waals surface area contributed by atoms with Crippen LogP contribution in [0.2, 0.25) is 0 Å². The molecule has 1 aromatic carbocycles. The van der Waals surface area contributed by atoms with Crippen molar-refractivity contribution in [1.82, 2.24) is 0 Å². The molecule has 0 amide bonds. The second-order valence-corrected chi connectivity index (χ2v) is 5.14. The first kappa shape index (κ1) is 20.1. The minimum Gasteiger partial charge on any atom is -0.465 e. The van der Waals surface area contributed by atoms with Crippen LogP contribution in [-0.2, 0) is 19.1 Å². The summed E-state index contributed by atoms with van der Waals surface area (Å²) in [6, 6.07) is 10.5. The molecule has 0 aliphatic rings. The van der Waals surface area contributed by atoms with Gasteiger partial charge in [-0.25, -0.2) is 4.79 Å². The predicted octanol–water partition coefficient (Wildman–Crippen LogP) is 1.90. The maximum Gasteiger partial charge on any atom is 0.350 e. The standard InChI is InChI=1S/C17H19N3O4S/c1-3-23-16(21)12(10-18)14(19)13(17(22)24-4-2)15(25)20-11-8-6-5-7-9-11/h5-9,13H,3-4,19H2,1-2H3,(H,20,25)/b14-12-. The molecule has 0 saturated carbocycles. The van der Waals surface area contributed by atoms with Crippen LogP contribution in [0, 0.1) is 17.2 Å². The SMILES string of the molecule is CCOC(=O)/C(C#N)=C(\N)C(C(=O)OCC)C(=S)Nc1ccccc1. The molecular weight excluding hydrogens is 342 g/mol. The third-order valence-electron chi connectivity index (χ3n) is 3.02. The molecule has 3 N–H and O–H groups in total. The maximum absolute atomic E-state index is 12.3. The monoisotopic (exact) mass is 361 g/mol. The number of nitrogens with two attached hydrogens (primary N) is 1. The van der Waals surface area contributed by atoms with E-state index >= 15 is 0 Å². The molecule has 0 aromatic heterocycles. The molecule has 0 aliphatic heterocycles. The summed E-state index contributed by atoms with van der Waals surface area (Å²) in [5.41, 5.74) is 5.76. The van der Waals surface area contributed by atoms with Crippen molar-refractivity contribution in [3.05, 3.63) is 41.6 Å². The van der Waals surface area contributed by atoms with E-state index in [1.807, 2.05) is 6.07 Å². The normalized spacial score (nSPS) is 12.2. The Kier molecular flexibility index (Phi) is 8.09. The number of rotatable bonds is 7. The van der Waals surface area contributed by atoms with E-state index < -0.39 is 23.4 Å². The van der Waals surface area contributed by atoms with Crippen molar-refractivity contribution in [2.24, 2.45) is 11.7 Å². The second-order valence-electron chi connectivity index (χ2n) is 4.70. The molecule has 0 aliphatic carbocycles. The molecule has 0 spiro atoms. The van der Waals surface area contributed by atoms with Crippen LogP contribution in [0.1, 0.15) is 13.8 Å². The summed E-state index contributed by atoms with van der Waals surface area (Å²) >= 11 is 5.25. The molecule has 0 saturated heterocycles. The van der Waals surface area contributed by atoms with Gasteiger partial charge >= 0.3 is 11.9 Å². The van der Waals surface area contributed by atoms with Gasteiger partial charge in [-0.2, -0.15) is 5.26 Å². The Hall–Kier alpha value is -2.92. The summed E-state index contributed by atoms with van der Waals surface area (Å²) in [6.45, 7) is 3.37. The summed E-state index contributed by atoms with van der Waals surface area (Å²) in [4.78, 5) is 24.2. The molecule has 0 fully saturated rings. The van der Waals surface area contributed by atoms with Crippen molar-refractivity contribution < 1.29 is 19.1 Å². The van der Waals surface area contributed by atoms with Gasteiger partial charge in [-0.3, -0.25) is 4.79 Å². The zero-order valence-electron chi connectivity index (χ0n) is 13.9. The number of esters is 2. The van der Waals surface area contributed by atoms with Crippen LogP contribution in [0.3, 0.4) is 0 Å². The number of anilines is 1. The van der Waals surface area contributed by atoms with Gasteiger partial charge in [0.1, 0.15) is 17.0 Å². The Morgan fingerprint density at radius 2 is 1.84 bits per heavy atom. The van der Waals surface area contributed by atoms with Crippen LogP contribution in [0.25, 0.3) is 0 Å². The third kappa shape index (κ3) is 5.58. The van der Waals surface area contributed by atoms with E-state index in [4.69, 9.17) is 27.4 Å². The summed E-state index contributed by atoms with van der Waals surface area (Å²) < 4.78 is 9.77. The average Bonchev–Trinajstić information content (AvgIpc) is 2.57. The highest BCUT2D eigenvalue weighted by molar-refractivity contribution is 7.80. The van der Waals surface area contributed by atoms with Crippen LogP contribution >= 0.6 is 12.2 Å². The third-order valence-corrected chi connectivity index (χ3v) is 3.35. The van der Waals surface area contributed by atoms with E-state index in [0.29, 0.717) is 5.69 Å². The summed E-state index contributed by atoms with van der Waals surface area (Å²) in [6.07, 6.45) is 0. The van der Waals surface area contributed by atoms with Gasteiger partial charge in [0.25, 0.3) is 0 Å². The lowest BCUT2D eigenvalue weighted by molar-refractivity contribution is -0.144. The fraction of sp³-hybridized carbons (Fsp3) is 0.294. The molecule has 25 heavy (non-hydrogen) atoms. The molecule has 1 unspecified atom stereocenters. The molecule has 0 radical (unpaired) electrons. The molecule has 0 bridgehead atoms. The largest absolute Gasteiger partial charge is 0.465 e. The predicted molar refractivity (Wildman–Crippen MR) is 96.2 cm³/mol. The number of nitrogens with one attached hydrogen (secondary N) is 1. The van der Waals surface area contributed by atoms with Gasteiger partial charge in [0.05, 0.1) is 18.9 Å². The van der Waals surface area contributed by atoms with Crippen LogP contribution < -0.4 is 11.1 Å². The van der Waals surface area contributed by atoms with Gasteiger partial charge in [0.2, 0.25) is 0 Å². The van der Waals surface area contributed by atoms with Gasteiger partial charge in [0.15, 0.2) is 5.57 Å². The first-order valence-electron chi connectivity index (χ1n) is 7.55. The zero-order chi connectivity index (χ0) is 18.8. The van der Waals surface area contributed by atoms with E-state index in [9.17, 15) is 14.9 Å². The number of nitrogens with zero attached hydrogens (tertiary/aromatic N) is 1. The topological polar surface area (TPSA) is 114 Å². The van der Waals surface area contributed by atoms with Crippen molar-refractivity contribution in [3.63, 3.8) is 0 Å². The number of ether oxygens (including phenoxy) is 2. The van der Waals surface area contributed by atoms with E-state index in [1.54, 1.807) is 44.2 Å². The lowest BCUT2D eigenvalue weighted by Crippen LogP contribution is -2.36. The number of benzene rings is 1. The first-order valence-corrected chi connectivity index (χ1v) is 7.96. The number of carbonyl (C=O) groups excluding carboxylic acids is 2. The molecule has 1 aromatic rings. The Bertz CT molecular complexity index is 710. The van der Waals surface area contributed by atoms with Crippen molar-refractivity contribution >= 4 is 34.8 Å². The number of thiocarbonyl (C=S) groups is 1. The Morgan fingerprint density at radius 1 is 1.24 bits per heavy atom. The highest BCUT2D eigenvalue weighted by Crippen LogP contribution is 2.18. The van der Waals surface area contributed by atoms with Gasteiger partial charge in [0, 0.05) is 5.69 Å². The highest BCUT2D eigenvalue weighted by atomic mass is 32.1. The second kappa shape index (κ2) is 10.1. The van der Waals surface area contributed by atoms with E-state index in [0.717, 1.165) is 0 Å². The minimum absolute atomic E-state index is 0.0131. The number of para-hydroxylation sites is 1. The van der Waals surface area contributed by atoms with E-state index in [2.05, 4.69) is 5.32 Å². The van der Waals surface area contributed by atoms with Crippen LogP contribution in [0.15, 0.2) is 41.6 Å². The summed E-state index contributed by atoms with van der Waals surface area (Å²) in [7, 11) is 0. The summed E-state index contributed by atoms with van der Waals surface area (Å²) in [5, 5.41) is 12.1. The van der Waals surface area contributed by atoms with Gasteiger partial charge in [-0.15, -0.1) is 0 Å². The molecule has 1 atom stereocenters. The van der Waals surface area contributed by atoms with E-state index in [1.165, 1.54) is 0 Å². The smallest absolute Gasteiger partial charge is 0.350 e. The lowest BCUT2D eigenvalue weighted by Gasteiger charge is -2.19. The lowest BCUT2D eigenvalue weighted by atomic mass is 10.0. The van der Waals surface area contributed by atoms with Gasteiger partial charge in [-0.05, 0) is 26.0 Å². The highest BCUT2D eigenvalue weighted by Gasteiger charge is 2.32. The number of carbonyl (C=O) groups is 2. The van der Waals surface area contributed by atoms with Crippen molar-refractivity contribution in [1.29, 1.82) is 5.26 Å². The minimum atomic E-state index is -1.28. The maximum atomic E-state index is 12.3. The van der Waals surface area contributed by atoms with E-state index in [-0.39, 0.29) is 23.9 Å². The molecule has 132 valence electrons. The zero-order valence-corrected chi connectivity index (χ0v) is 14.8. The Morgan fingerprint density at radius 3 is 2.36 bits per heavy atom. The fourth-order valence-corrected chi connectivity index (χ4v) is 2.25. The molecule has 1 rings (SSSR count). The number of hydrogen-bond acceptors (Lipinski definition) is 7. The first-order chi connectivity index (χ1) is 12.0. The molecular formula is C17H19N3O4S. The number of hydrogen-bond donors (Lipinski definition) is 2. The van der Waals surface area contributed by atoms with Crippen LogP contribution in [-0.4, -0.2) is 30.1 Å². The molecule has 0 heterocycles.